The molecule has 0 saturated carbocycles. The minimum atomic E-state index is -3.64. The van der Waals surface area contributed by atoms with Crippen molar-refractivity contribution in [1.29, 1.82) is 0 Å². The molecule has 0 radical (unpaired) electrons. The van der Waals surface area contributed by atoms with Crippen LogP contribution in [-0.2, 0) is 30.9 Å². The Morgan fingerprint density at radius 2 is 1.65 bits per heavy atom. The van der Waals surface area contributed by atoms with Gasteiger partial charge in [0.15, 0.2) is 13.2 Å². The number of amides is 1. The standard InChI is InChI=1S/C23H24N2O7S2/c1-25(34(28,29)23-4-3-13-33-23)18-7-11-20(12-8-18)31-16-22(27)32-15-21(26)24-14-17-5-9-19(30-2)10-6-17/h3-13H,14-16H2,1-2H3,(H,24,26). The summed E-state index contributed by atoms with van der Waals surface area (Å²) in [6, 6.07) is 16.6. The number of carbonyl (C=O) groups excluding carboxylic acids is 2. The van der Waals surface area contributed by atoms with Crippen molar-refractivity contribution in [2.75, 3.05) is 31.7 Å². The van der Waals surface area contributed by atoms with E-state index in [1.165, 1.54) is 11.4 Å². The highest BCUT2D eigenvalue weighted by Crippen LogP contribution is 2.26. The van der Waals surface area contributed by atoms with Crippen molar-refractivity contribution in [2.24, 2.45) is 0 Å². The molecule has 0 aliphatic heterocycles. The zero-order valence-electron chi connectivity index (χ0n) is 18.6. The van der Waals surface area contributed by atoms with Gasteiger partial charge in [-0.1, -0.05) is 18.2 Å². The van der Waals surface area contributed by atoms with E-state index in [9.17, 15) is 18.0 Å². The van der Waals surface area contributed by atoms with Crippen molar-refractivity contribution in [2.45, 2.75) is 10.8 Å². The molecule has 9 nitrogen and oxygen atoms in total. The number of benzene rings is 2. The summed E-state index contributed by atoms with van der Waals surface area (Å²) in [5.74, 6) is -0.0785. The lowest BCUT2D eigenvalue weighted by molar-refractivity contribution is -0.150. The van der Waals surface area contributed by atoms with Crippen molar-refractivity contribution in [3.63, 3.8) is 0 Å². The second kappa shape index (κ2) is 11.5. The van der Waals surface area contributed by atoms with Crippen LogP contribution in [0.3, 0.4) is 0 Å². The molecule has 1 heterocycles. The number of thiophene rings is 1. The fraction of sp³-hybridized carbons (Fsp3) is 0.217. The summed E-state index contributed by atoms with van der Waals surface area (Å²) in [5, 5.41) is 4.35. The van der Waals surface area contributed by atoms with E-state index in [1.54, 1.807) is 61.0 Å². The topological polar surface area (TPSA) is 111 Å². The molecule has 0 atom stereocenters. The number of ether oxygens (including phenoxy) is 3. The number of nitrogens with zero attached hydrogens (tertiary/aromatic N) is 1. The van der Waals surface area contributed by atoms with Gasteiger partial charge in [0.1, 0.15) is 15.7 Å². The molecule has 0 bridgehead atoms. The molecular formula is C23H24N2O7S2. The van der Waals surface area contributed by atoms with Crippen LogP contribution in [0.15, 0.2) is 70.3 Å². The number of carbonyl (C=O) groups is 2. The largest absolute Gasteiger partial charge is 0.497 e. The number of sulfonamides is 1. The van der Waals surface area contributed by atoms with Gasteiger partial charge in [-0.25, -0.2) is 13.2 Å². The Morgan fingerprint density at radius 3 is 2.26 bits per heavy atom. The monoisotopic (exact) mass is 504 g/mol. The quantitative estimate of drug-likeness (QED) is 0.400. The number of methoxy groups -OCH3 is 1. The van der Waals surface area contributed by atoms with Crippen LogP contribution in [0.4, 0.5) is 5.69 Å². The third-order valence-corrected chi connectivity index (χ3v) is 7.84. The molecule has 180 valence electrons. The predicted molar refractivity (Wildman–Crippen MR) is 128 cm³/mol. The molecule has 0 spiro atoms. The van der Waals surface area contributed by atoms with Gasteiger partial charge in [0.05, 0.1) is 12.8 Å². The van der Waals surface area contributed by atoms with Crippen LogP contribution in [0, 0.1) is 0 Å². The highest BCUT2D eigenvalue weighted by atomic mass is 32.2. The third-order valence-electron chi connectivity index (χ3n) is 4.68. The van der Waals surface area contributed by atoms with Gasteiger partial charge in [0, 0.05) is 13.6 Å². The van der Waals surface area contributed by atoms with E-state index < -0.39 is 35.1 Å². The van der Waals surface area contributed by atoms with Gasteiger partial charge in [-0.3, -0.25) is 9.10 Å². The van der Waals surface area contributed by atoms with Crippen LogP contribution >= 0.6 is 11.3 Å². The van der Waals surface area contributed by atoms with E-state index in [4.69, 9.17) is 14.2 Å². The van der Waals surface area contributed by atoms with E-state index >= 15 is 0 Å². The van der Waals surface area contributed by atoms with Gasteiger partial charge in [0.25, 0.3) is 15.9 Å². The lowest BCUT2D eigenvalue weighted by atomic mass is 10.2. The van der Waals surface area contributed by atoms with E-state index in [1.807, 2.05) is 12.1 Å². The molecule has 34 heavy (non-hydrogen) atoms. The Hall–Kier alpha value is -3.57. The van der Waals surface area contributed by atoms with Gasteiger partial charge >= 0.3 is 5.97 Å². The van der Waals surface area contributed by atoms with E-state index in [0.717, 1.165) is 16.9 Å². The molecule has 1 amide bonds. The summed E-state index contributed by atoms with van der Waals surface area (Å²) >= 11 is 1.14. The predicted octanol–water partition coefficient (Wildman–Crippen LogP) is 2.82. The van der Waals surface area contributed by atoms with Crippen molar-refractivity contribution >= 4 is 38.9 Å². The van der Waals surface area contributed by atoms with Crippen molar-refractivity contribution in [3.8, 4) is 11.5 Å². The maximum atomic E-state index is 12.6. The first kappa shape index (κ1) is 25.1. The number of hydrogen-bond donors (Lipinski definition) is 1. The first-order valence-electron chi connectivity index (χ1n) is 10.1. The van der Waals surface area contributed by atoms with Crippen LogP contribution in [0.1, 0.15) is 5.56 Å². The first-order valence-corrected chi connectivity index (χ1v) is 12.4. The second-order valence-electron chi connectivity index (χ2n) is 6.97. The maximum absolute atomic E-state index is 12.6. The van der Waals surface area contributed by atoms with Crippen LogP contribution in [0.5, 0.6) is 11.5 Å². The van der Waals surface area contributed by atoms with Gasteiger partial charge in [-0.05, 0) is 53.4 Å². The molecule has 0 aliphatic carbocycles. The number of nitrogens with one attached hydrogen (secondary N) is 1. The summed E-state index contributed by atoms with van der Waals surface area (Å²) < 4.78 is 41.9. The molecule has 3 aromatic rings. The van der Waals surface area contributed by atoms with Gasteiger partial charge in [-0.15, -0.1) is 11.3 Å². The SMILES string of the molecule is COc1ccc(CNC(=O)COC(=O)COc2ccc(N(C)S(=O)(=O)c3cccs3)cc2)cc1. The Balaban J connectivity index is 1.41. The van der Waals surface area contributed by atoms with Gasteiger partial charge < -0.3 is 19.5 Å². The molecule has 3 rings (SSSR count). The Bertz CT molecular complexity index is 1190. The molecule has 0 fully saturated rings. The highest BCUT2D eigenvalue weighted by Gasteiger charge is 2.22. The van der Waals surface area contributed by atoms with Gasteiger partial charge in [0.2, 0.25) is 0 Å². The number of anilines is 1. The molecule has 1 N–H and O–H groups in total. The molecular weight excluding hydrogens is 480 g/mol. The lowest BCUT2D eigenvalue weighted by Gasteiger charge is -2.18. The Labute approximate surface area is 201 Å². The smallest absolute Gasteiger partial charge is 0.344 e. The van der Waals surface area contributed by atoms with Crippen LogP contribution in [0.25, 0.3) is 0 Å². The van der Waals surface area contributed by atoms with E-state index in [0.29, 0.717) is 23.7 Å². The molecule has 11 heteroatoms. The van der Waals surface area contributed by atoms with Crippen molar-refractivity contribution in [1.82, 2.24) is 5.32 Å². The average Bonchev–Trinajstić information content (AvgIpc) is 3.41. The number of esters is 1. The van der Waals surface area contributed by atoms with Crippen LogP contribution in [-0.4, -0.2) is 47.7 Å². The minimum absolute atomic E-state index is 0.242. The molecule has 0 unspecified atom stereocenters. The van der Waals surface area contributed by atoms with Crippen LogP contribution < -0.4 is 19.1 Å². The summed E-state index contributed by atoms with van der Waals surface area (Å²) in [5.41, 5.74) is 1.32. The highest BCUT2D eigenvalue weighted by molar-refractivity contribution is 7.94. The molecule has 0 aliphatic rings. The summed E-state index contributed by atoms with van der Waals surface area (Å²) in [7, 11) is -0.603. The van der Waals surface area contributed by atoms with Crippen LogP contribution in [0.2, 0.25) is 0 Å². The fourth-order valence-corrected chi connectivity index (χ4v) is 5.12. The minimum Gasteiger partial charge on any atom is -0.497 e. The summed E-state index contributed by atoms with van der Waals surface area (Å²) in [6.07, 6.45) is 0. The van der Waals surface area contributed by atoms with E-state index in [-0.39, 0.29) is 4.21 Å². The third kappa shape index (κ3) is 6.72. The fourth-order valence-electron chi connectivity index (χ4n) is 2.76. The summed E-state index contributed by atoms with van der Waals surface area (Å²) in [4.78, 5) is 23.8. The van der Waals surface area contributed by atoms with E-state index in [2.05, 4.69) is 5.32 Å². The molecule has 1 aromatic heterocycles. The zero-order valence-corrected chi connectivity index (χ0v) is 20.2. The Morgan fingerprint density at radius 1 is 0.971 bits per heavy atom. The number of hydrogen-bond acceptors (Lipinski definition) is 8. The Kier molecular flexibility index (Phi) is 8.50. The van der Waals surface area contributed by atoms with Crippen molar-refractivity contribution < 1.29 is 32.2 Å². The number of rotatable bonds is 11. The zero-order chi connectivity index (χ0) is 24.6. The average molecular weight is 505 g/mol. The van der Waals surface area contributed by atoms with Gasteiger partial charge in [-0.2, -0.15) is 0 Å². The second-order valence-corrected chi connectivity index (χ2v) is 10.1. The lowest BCUT2D eigenvalue weighted by Crippen LogP contribution is -2.29. The first-order chi connectivity index (χ1) is 16.3. The maximum Gasteiger partial charge on any atom is 0.344 e. The molecule has 2 aromatic carbocycles. The summed E-state index contributed by atoms with van der Waals surface area (Å²) in [6.45, 7) is -0.531. The molecule has 0 saturated heterocycles. The van der Waals surface area contributed by atoms with Crippen molar-refractivity contribution in [3.05, 3.63) is 71.6 Å². The normalized spacial score (nSPS) is 10.9.